The van der Waals surface area contributed by atoms with E-state index in [9.17, 15) is 18.0 Å². The van der Waals surface area contributed by atoms with Crippen LogP contribution < -0.4 is 0 Å². The van der Waals surface area contributed by atoms with Crippen molar-refractivity contribution in [2.24, 2.45) is 11.8 Å². The van der Waals surface area contributed by atoms with Crippen LogP contribution in [0.25, 0.3) is 0 Å². The molecule has 0 spiro atoms. The summed E-state index contributed by atoms with van der Waals surface area (Å²) in [7, 11) is 0. The van der Waals surface area contributed by atoms with E-state index in [1.54, 1.807) is 0 Å². The van der Waals surface area contributed by atoms with E-state index < -0.39 is 12.1 Å². The quantitative estimate of drug-likeness (QED) is 0.717. The molecule has 2 unspecified atom stereocenters. The third-order valence-electron chi connectivity index (χ3n) is 3.37. The summed E-state index contributed by atoms with van der Waals surface area (Å²) in [6.45, 7) is 1.98. The predicted octanol–water partition coefficient (Wildman–Crippen LogP) is 4.11. The van der Waals surface area contributed by atoms with Crippen molar-refractivity contribution in [1.82, 2.24) is 0 Å². The van der Waals surface area contributed by atoms with E-state index in [2.05, 4.69) is 0 Å². The van der Waals surface area contributed by atoms with Crippen LogP contribution >= 0.6 is 0 Å². The highest BCUT2D eigenvalue weighted by Gasteiger charge is 2.43. The number of hydrogen-bond donors (Lipinski definition) is 0. The summed E-state index contributed by atoms with van der Waals surface area (Å²) < 4.78 is 37.6. The van der Waals surface area contributed by atoms with Gasteiger partial charge in [-0.05, 0) is 25.7 Å². The van der Waals surface area contributed by atoms with E-state index in [0.29, 0.717) is 19.3 Å². The van der Waals surface area contributed by atoms with Crippen LogP contribution in [0.2, 0.25) is 0 Å². The number of carbonyl (C=O) groups excluding carboxylic acids is 1. The Hall–Kier alpha value is -0.540. The van der Waals surface area contributed by atoms with Gasteiger partial charge in [-0.2, -0.15) is 13.2 Å². The zero-order chi connectivity index (χ0) is 12.2. The molecule has 0 aliphatic heterocycles. The van der Waals surface area contributed by atoms with Gasteiger partial charge in [-0.25, -0.2) is 0 Å². The molecule has 1 aliphatic rings. The average Bonchev–Trinajstić information content (AvgIpc) is 2.25. The Labute approximate surface area is 94.4 Å². The zero-order valence-electron chi connectivity index (χ0n) is 9.65. The van der Waals surface area contributed by atoms with E-state index >= 15 is 0 Å². The molecule has 0 aromatic carbocycles. The number of Topliss-reactive ketones (excluding diaryl/α,β-unsaturated/α-hetero) is 1. The maximum Gasteiger partial charge on any atom is 0.391 e. The zero-order valence-corrected chi connectivity index (χ0v) is 9.65. The van der Waals surface area contributed by atoms with E-state index in [4.69, 9.17) is 0 Å². The topological polar surface area (TPSA) is 17.1 Å². The highest BCUT2D eigenvalue weighted by Crippen LogP contribution is 2.40. The van der Waals surface area contributed by atoms with Crippen LogP contribution in [0.5, 0.6) is 0 Å². The highest BCUT2D eigenvalue weighted by molar-refractivity contribution is 5.81. The first-order valence-electron chi connectivity index (χ1n) is 6.04. The Balaban J connectivity index is 2.47. The minimum Gasteiger partial charge on any atom is -0.299 e. The molecular formula is C12H19F3O. The van der Waals surface area contributed by atoms with Crippen molar-refractivity contribution in [1.29, 1.82) is 0 Å². The molecule has 1 nitrogen and oxygen atoms in total. The summed E-state index contributed by atoms with van der Waals surface area (Å²) >= 11 is 0. The van der Waals surface area contributed by atoms with Gasteiger partial charge in [0.15, 0.2) is 0 Å². The molecule has 0 N–H and O–H groups in total. The monoisotopic (exact) mass is 236 g/mol. The Morgan fingerprint density at radius 3 is 2.56 bits per heavy atom. The molecule has 1 aliphatic carbocycles. The second-order valence-corrected chi connectivity index (χ2v) is 4.67. The first kappa shape index (κ1) is 13.5. The SMILES string of the molecule is CCCCC(=O)C1CCCC(C(F)(F)F)C1. The number of alkyl halides is 3. The molecule has 0 heterocycles. The summed E-state index contributed by atoms with van der Waals surface area (Å²) in [6, 6.07) is 0. The maximum atomic E-state index is 12.5. The number of halogens is 3. The Bertz CT molecular complexity index is 235. The Kier molecular flexibility index (Phi) is 4.81. The Morgan fingerprint density at radius 1 is 1.31 bits per heavy atom. The van der Waals surface area contributed by atoms with Crippen molar-refractivity contribution in [2.45, 2.75) is 58.0 Å². The first-order valence-corrected chi connectivity index (χ1v) is 6.04. The van der Waals surface area contributed by atoms with Crippen LogP contribution in [0, 0.1) is 11.8 Å². The third kappa shape index (κ3) is 3.80. The fraction of sp³-hybridized carbons (Fsp3) is 0.917. The molecule has 4 heteroatoms. The summed E-state index contributed by atoms with van der Waals surface area (Å²) in [6.07, 6.45) is -0.558. The first-order chi connectivity index (χ1) is 7.45. The van der Waals surface area contributed by atoms with Gasteiger partial charge >= 0.3 is 6.18 Å². The van der Waals surface area contributed by atoms with E-state index in [1.165, 1.54) is 0 Å². The van der Waals surface area contributed by atoms with Gasteiger partial charge in [-0.3, -0.25) is 4.79 Å². The molecule has 0 saturated heterocycles. The number of hydrogen-bond acceptors (Lipinski definition) is 1. The van der Waals surface area contributed by atoms with Crippen molar-refractivity contribution < 1.29 is 18.0 Å². The molecular weight excluding hydrogens is 217 g/mol. The normalized spacial score (nSPS) is 26.8. The van der Waals surface area contributed by atoms with Gasteiger partial charge in [0.1, 0.15) is 5.78 Å². The third-order valence-corrected chi connectivity index (χ3v) is 3.37. The van der Waals surface area contributed by atoms with Crippen LogP contribution in [0.4, 0.5) is 13.2 Å². The number of rotatable bonds is 4. The molecule has 1 rings (SSSR count). The second kappa shape index (κ2) is 5.69. The van der Waals surface area contributed by atoms with Gasteiger partial charge in [0.05, 0.1) is 5.92 Å². The summed E-state index contributed by atoms with van der Waals surface area (Å²) in [5.41, 5.74) is 0. The summed E-state index contributed by atoms with van der Waals surface area (Å²) in [5, 5.41) is 0. The molecule has 0 amide bonds. The van der Waals surface area contributed by atoms with Gasteiger partial charge in [-0.15, -0.1) is 0 Å². The van der Waals surface area contributed by atoms with Gasteiger partial charge in [-0.1, -0.05) is 19.8 Å². The van der Waals surface area contributed by atoms with Crippen molar-refractivity contribution in [3.63, 3.8) is 0 Å². The molecule has 0 aromatic rings. The Morgan fingerprint density at radius 2 is 2.00 bits per heavy atom. The lowest BCUT2D eigenvalue weighted by Gasteiger charge is -2.29. The van der Waals surface area contributed by atoms with E-state index in [0.717, 1.165) is 12.8 Å². The molecule has 0 aromatic heterocycles. The van der Waals surface area contributed by atoms with Crippen LogP contribution in [-0.4, -0.2) is 12.0 Å². The van der Waals surface area contributed by atoms with E-state index in [1.807, 2.05) is 6.92 Å². The fourth-order valence-electron chi connectivity index (χ4n) is 2.33. The molecule has 94 valence electrons. The lowest BCUT2D eigenvalue weighted by Crippen LogP contribution is -2.31. The predicted molar refractivity (Wildman–Crippen MR) is 56.0 cm³/mol. The fourth-order valence-corrected chi connectivity index (χ4v) is 2.33. The summed E-state index contributed by atoms with van der Waals surface area (Å²) in [4.78, 5) is 11.7. The van der Waals surface area contributed by atoms with Gasteiger partial charge < -0.3 is 0 Å². The number of carbonyl (C=O) groups is 1. The minimum absolute atomic E-state index is 0.0199. The van der Waals surface area contributed by atoms with Gasteiger partial charge in [0.25, 0.3) is 0 Å². The van der Waals surface area contributed by atoms with Crippen molar-refractivity contribution in [2.75, 3.05) is 0 Å². The minimum atomic E-state index is -4.12. The summed E-state index contributed by atoms with van der Waals surface area (Å²) in [5.74, 6) is -1.56. The van der Waals surface area contributed by atoms with Crippen molar-refractivity contribution in [3.05, 3.63) is 0 Å². The molecule has 2 atom stereocenters. The standard InChI is InChI=1S/C12H19F3O/c1-2-3-7-11(16)9-5-4-6-10(8-9)12(13,14)15/h9-10H,2-8H2,1H3. The highest BCUT2D eigenvalue weighted by atomic mass is 19.4. The molecule has 16 heavy (non-hydrogen) atoms. The lowest BCUT2D eigenvalue weighted by molar-refractivity contribution is -0.186. The number of ketones is 1. The van der Waals surface area contributed by atoms with Gasteiger partial charge in [0, 0.05) is 12.3 Å². The average molecular weight is 236 g/mol. The smallest absolute Gasteiger partial charge is 0.299 e. The van der Waals surface area contributed by atoms with Crippen molar-refractivity contribution >= 4 is 5.78 Å². The van der Waals surface area contributed by atoms with Crippen LogP contribution in [-0.2, 0) is 4.79 Å². The van der Waals surface area contributed by atoms with Crippen LogP contribution in [0.15, 0.2) is 0 Å². The molecule has 1 saturated carbocycles. The van der Waals surface area contributed by atoms with Crippen molar-refractivity contribution in [3.8, 4) is 0 Å². The van der Waals surface area contributed by atoms with Gasteiger partial charge in [0.2, 0.25) is 0 Å². The lowest BCUT2D eigenvalue weighted by atomic mass is 9.78. The van der Waals surface area contributed by atoms with Crippen LogP contribution in [0.3, 0.4) is 0 Å². The van der Waals surface area contributed by atoms with Crippen LogP contribution in [0.1, 0.15) is 51.9 Å². The molecule has 0 radical (unpaired) electrons. The molecule has 1 fully saturated rings. The largest absolute Gasteiger partial charge is 0.391 e. The number of unbranched alkanes of at least 4 members (excludes halogenated alkanes) is 1. The molecule has 0 bridgehead atoms. The second-order valence-electron chi connectivity index (χ2n) is 4.67. The maximum absolute atomic E-state index is 12.5. The van der Waals surface area contributed by atoms with E-state index in [-0.39, 0.29) is 24.5 Å².